The van der Waals surface area contributed by atoms with Crippen LogP contribution in [-0.4, -0.2) is 26.9 Å². The van der Waals surface area contributed by atoms with Crippen LogP contribution in [0.5, 0.6) is 11.5 Å². The van der Waals surface area contributed by atoms with E-state index in [1.807, 2.05) is 31.2 Å². The van der Waals surface area contributed by atoms with Gasteiger partial charge in [-0.3, -0.25) is 0 Å². The van der Waals surface area contributed by atoms with Gasteiger partial charge in [0.25, 0.3) is 0 Å². The third-order valence-electron chi connectivity index (χ3n) is 1.78. The molecule has 0 radical (unpaired) electrons. The van der Waals surface area contributed by atoms with Crippen LogP contribution >= 0.6 is 0 Å². The summed E-state index contributed by atoms with van der Waals surface area (Å²) in [6.45, 7) is 3.76. The van der Waals surface area contributed by atoms with Crippen molar-refractivity contribution in [3.63, 3.8) is 0 Å². The molecule has 0 aliphatic rings. The van der Waals surface area contributed by atoms with Gasteiger partial charge >= 0.3 is 0 Å². The first-order valence-electron chi connectivity index (χ1n) is 4.99. The highest BCUT2D eigenvalue weighted by atomic mass is 16.6. The predicted octanol–water partition coefficient (Wildman–Crippen LogP) is 1.62. The molecule has 1 N–H and O–H groups in total. The van der Waals surface area contributed by atoms with Gasteiger partial charge in [-0.25, -0.2) is 0 Å². The fourth-order valence-corrected chi connectivity index (χ4v) is 1.11. The van der Waals surface area contributed by atoms with E-state index in [1.54, 1.807) is 7.11 Å². The first kappa shape index (κ1) is 11.8. The normalized spacial score (nSPS) is 10.0. The van der Waals surface area contributed by atoms with Crippen LogP contribution < -0.4 is 15.0 Å². The molecular formula is C11H17NO3. The van der Waals surface area contributed by atoms with Crippen molar-refractivity contribution in [2.45, 2.75) is 6.92 Å². The van der Waals surface area contributed by atoms with E-state index in [-0.39, 0.29) is 0 Å². The van der Waals surface area contributed by atoms with E-state index >= 15 is 0 Å². The molecule has 15 heavy (non-hydrogen) atoms. The van der Waals surface area contributed by atoms with Gasteiger partial charge in [-0.15, -0.1) is 0 Å². The second kappa shape index (κ2) is 7.09. The Balaban J connectivity index is 2.30. The fraction of sp³-hybridized carbons (Fsp3) is 0.455. The molecule has 0 aromatic heterocycles. The van der Waals surface area contributed by atoms with Gasteiger partial charge in [0.05, 0.1) is 20.3 Å². The molecule has 0 aliphatic heterocycles. The molecule has 1 aromatic carbocycles. The van der Waals surface area contributed by atoms with Crippen LogP contribution in [0.4, 0.5) is 0 Å². The van der Waals surface area contributed by atoms with Crippen LogP contribution in [0.3, 0.4) is 0 Å². The lowest BCUT2D eigenvalue weighted by atomic mass is 10.3. The average Bonchev–Trinajstić information content (AvgIpc) is 2.29. The van der Waals surface area contributed by atoms with Crippen LogP contribution in [0.2, 0.25) is 0 Å². The van der Waals surface area contributed by atoms with E-state index < -0.39 is 0 Å². The van der Waals surface area contributed by atoms with Crippen molar-refractivity contribution in [2.75, 3.05) is 26.9 Å². The third-order valence-corrected chi connectivity index (χ3v) is 1.78. The average molecular weight is 211 g/mol. The number of benzene rings is 1. The Bertz CT molecular complexity index is 278. The molecule has 0 aliphatic carbocycles. The zero-order valence-corrected chi connectivity index (χ0v) is 9.16. The van der Waals surface area contributed by atoms with Gasteiger partial charge in [0.1, 0.15) is 6.61 Å². The maximum atomic E-state index is 5.51. The number of hydroxylamine groups is 1. The van der Waals surface area contributed by atoms with Crippen molar-refractivity contribution in [3.05, 3.63) is 24.3 Å². The van der Waals surface area contributed by atoms with E-state index in [1.165, 1.54) is 0 Å². The summed E-state index contributed by atoms with van der Waals surface area (Å²) in [4.78, 5) is 4.97. The Labute approximate surface area is 90.1 Å². The molecule has 4 heteroatoms. The van der Waals surface area contributed by atoms with Gasteiger partial charge in [0, 0.05) is 0 Å². The monoisotopic (exact) mass is 211 g/mol. The predicted molar refractivity (Wildman–Crippen MR) is 58.1 cm³/mol. The standard InChI is InChI=1S/C11H17NO3/c1-3-15-12-8-9-14-11-7-5-4-6-10(11)13-2/h4-7,12H,3,8-9H2,1-2H3. The van der Waals surface area contributed by atoms with Crippen molar-refractivity contribution >= 4 is 0 Å². The summed E-state index contributed by atoms with van der Waals surface area (Å²) in [7, 11) is 1.63. The SMILES string of the molecule is CCONCCOc1ccccc1OC. The molecule has 1 rings (SSSR count). The summed E-state index contributed by atoms with van der Waals surface area (Å²) in [6.07, 6.45) is 0. The maximum absolute atomic E-state index is 5.51. The molecule has 0 amide bonds. The Morgan fingerprint density at radius 2 is 1.93 bits per heavy atom. The van der Waals surface area contributed by atoms with E-state index in [9.17, 15) is 0 Å². The first-order valence-corrected chi connectivity index (χ1v) is 4.99. The van der Waals surface area contributed by atoms with Crippen LogP contribution in [-0.2, 0) is 4.84 Å². The lowest BCUT2D eigenvalue weighted by Gasteiger charge is -2.10. The van der Waals surface area contributed by atoms with Gasteiger partial charge < -0.3 is 14.3 Å². The van der Waals surface area contributed by atoms with Crippen molar-refractivity contribution in [1.82, 2.24) is 5.48 Å². The molecule has 1 aromatic rings. The van der Waals surface area contributed by atoms with Gasteiger partial charge in [-0.1, -0.05) is 12.1 Å². The van der Waals surface area contributed by atoms with Crippen molar-refractivity contribution < 1.29 is 14.3 Å². The second-order valence-electron chi connectivity index (χ2n) is 2.83. The highest BCUT2D eigenvalue weighted by molar-refractivity contribution is 5.39. The molecule has 0 saturated carbocycles. The largest absolute Gasteiger partial charge is 0.493 e. The second-order valence-corrected chi connectivity index (χ2v) is 2.83. The maximum Gasteiger partial charge on any atom is 0.161 e. The lowest BCUT2D eigenvalue weighted by molar-refractivity contribution is 0.0431. The number of hydrogen-bond donors (Lipinski definition) is 1. The number of para-hydroxylation sites is 2. The van der Waals surface area contributed by atoms with E-state index in [0.717, 1.165) is 11.5 Å². The van der Waals surface area contributed by atoms with Crippen molar-refractivity contribution in [2.24, 2.45) is 0 Å². The number of nitrogens with one attached hydrogen (secondary N) is 1. The molecular weight excluding hydrogens is 194 g/mol. The Morgan fingerprint density at radius 1 is 1.20 bits per heavy atom. The topological polar surface area (TPSA) is 39.7 Å². The minimum Gasteiger partial charge on any atom is -0.493 e. The van der Waals surface area contributed by atoms with Gasteiger partial charge in [-0.2, -0.15) is 5.48 Å². The van der Waals surface area contributed by atoms with Gasteiger partial charge in [0.2, 0.25) is 0 Å². The molecule has 0 bridgehead atoms. The molecule has 0 fully saturated rings. The number of ether oxygens (including phenoxy) is 2. The van der Waals surface area contributed by atoms with Crippen LogP contribution in [0.1, 0.15) is 6.92 Å². The van der Waals surface area contributed by atoms with Crippen LogP contribution in [0.15, 0.2) is 24.3 Å². The van der Waals surface area contributed by atoms with E-state index in [0.29, 0.717) is 19.8 Å². The van der Waals surface area contributed by atoms with Gasteiger partial charge in [-0.05, 0) is 19.1 Å². The Morgan fingerprint density at radius 3 is 2.60 bits per heavy atom. The number of hydrogen-bond acceptors (Lipinski definition) is 4. The minimum absolute atomic E-state index is 0.542. The van der Waals surface area contributed by atoms with Crippen molar-refractivity contribution in [1.29, 1.82) is 0 Å². The van der Waals surface area contributed by atoms with Crippen molar-refractivity contribution in [3.8, 4) is 11.5 Å². The molecule has 84 valence electrons. The number of rotatable bonds is 7. The molecule has 4 nitrogen and oxygen atoms in total. The summed E-state index contributed by atoms with van der Waals surface area (Å²) >= 11 is 0. The molecule has 0 heterocycles. The van der Waals surface area contributed by atoms with Crippen LogP contribution in [0, 0.1) is 0 Å². The van der Waals surface area contributed by atoms with Gasteiger partial charge in [0.15, 0.2) is 11.5 Å². The number of methoxy groups -OCH3 is 1. The van der Waals surface area contributed by atoms with E-state index in [2.05, 4.69) is 5.48 Å². The first-order chi connectivity index (χ1) is 7.38. The Kier molecular flexibility index (Phi) is 5.58. The summed E-state index contributed by atoms with van der Waals surface area (Å²) in [5.41, 5.74) is 2.78. The fourth-order valence-electron chi connectivity index (χ4n) is 1.11. The summed E-state index contributed by atoms with van der Waals surface area (Å²) < 4.78 is 10.7. The van der Waals surface area contributed by atoms with Crippen LogP contribution in [0.25, 0.3) is 0 Å². The lowest BCUT2D eigenvalue weighted by Crippen LogP contribution is -2.21. The highest BCUT2D eigenvalue weighted by Crippen LogP contribution is 2.25. The molecule has 0 unspecified atom stereocenters. The quantitative estimate of drug-likeness (QED) is 0.549. The zero-order valence-electron chi connectivity index (χ0n) is 9.16. The smallest absolute Gasteiger partial charge is 0.161 e. The summed E-state index contributed by atoms with van der Waals surface area (Å²) in [6, 6.07) is 7.56. The summed E-state index contributed by atoms with van der Waals surface area (Å²) in [5, 5.41) is 0. The van der Waals surface area contributed by atoms with E-state index in [4.69, 9.17) is 14.3 Å². The molecule has 0 saturated heterocycles. The molecule has 0 spiro atoms. The zero-order chi connectivity index (χ0) is 10.9. The minimum atomic E-state index is 0.542. The highest BCUT2D eigenvalue weighted by Gasteiger charge is 2.01. The Hall–Kier alpha value is -1.26. The third kappa shape index (κ3) is 4.18. The molecule has 0 atom stereocenters. The summed E-state index contributed by atoms with van der Waals surface area (Å²) in [5.74, 6) is 1.49.